The minimum atomic E-state index is -0.462. The summed E-state index contributed by atoms with van der Waals surface area (Å²) < 4.78 is 10.4. The average Bonchev–Trinajstić information content (AvgIpc) is 2.71. The smallest absolute Gasteiger partial charge is 0.266 e. The van der Waals surface area contributed by atoms with Gasteiger partial charge in [0.1, 0.15) is 23.1 Å². The highest BCUT2D eigenvalue weighted by molar-refractivity contribution is 6.09. The second-order valence-electron chi connectivity index (χ2n) is 6.20. The van der Waals surface area contributed by atoms with E-state index in [0.29, 0.717) is 28.7 Å². The number of amides is 1. The zero-order valence-corrected chi connectivity index (χ0v) is 16.1. The zero-order valence-electron chi connectivity index (χ0n) is 16.1. The van der Waals surface area contributed by atoms with E-state index in [1.54, 1.807) is 32.4 Å². The monoisotopic (exact) mass is 364 g/mol. The summed E-state index contributed by atoms with van der Waals surface area (Å²) in [5.74, 6) is 1.17. The lowest BCUT2D eigenvalue weighted by Crippen LogP contribution is -2.13. The lowest BCUT2D eigenvalue weighted by molar-refractivity contribution is -0.112. The highest BCUT2D eigenvalue weighted by Crippen LogP contribution is 2.24. The molecule has 2 rings (SSSR count). The van der Waals surface area contributed by atoms with E-state index in [4.69, 9.17) is 9.47 Å². The molecule has 0 radical (unpaired) electrons. The van der Waals surface area contributed by atoms with Crippen LogP contribution in [-0.4, -0.2) is 20.1 Å². The normalized spacial score (nSPS) is 12.0. The summed E-state index contributed by atoms with van der Waals surface area (Å²) in [5.41, 5.74) is 2.51. The Hall–Kier alpha value is -3.26. The van der Waals surface area contributed by atoms with Crippen LogP contribution >= 0.6 is 0 Å². The van der Waals surface area contributed by atoms with Gasteiger partial charge in [-0.1, -0.05) is 26.0 Å². The van der Waals surface area contributed by atoms with E-state index in [-0.39, 0.29) is 5.57 Å². The number of hydrogen-bond donors (Lipinski definition) is 1. The van der Waals surface area contributed by atoms with Crippen molar-refractivity contribution in [2.24, 2.45) is 0 Å². The van der Waals surface area contributed by atoms with Gasteiger partial charge < -0.3 is 14.8 Å². The van der Waals surface area contributed by atoms with Gasteiger partial charge in [-0.2, -0.15) is 5.26 Å². The zero-order chi connectivity index (χ0) is 19.8. The van der Waals surface area contributed by atoms with Crippen LogP contribution in [0.3, 0.4) is 0 Å². The quantitative estimate of drug-likeness (QED) is 0.568. The molecule has 0 bridgehead atoms. The number of methoxy groups -OCH3 is 2. The van der Waals surface area contributed by atoms with Gasteiger partial charge in [-0.3, -0.25) is 4.79 Å². The minimum Gasteiger partial charge on any atom is -0.497 e. The fourth-order valence-electron chi connectivity index (χ4n) is 2.56. The van der Waals surface area contributed by atoms with Crippen molar-refractivity contribution in [1.82, 2.24) is 0 Å². The standard InChI is InChI=1S/C22H24N2O3/c1-5-15(2)17-6-8-19(9-7-17)24-22(25)18(14-23)10-16-11-20(26-3)13-21(12-16)27-4/h6-13,15H,5H2,1-4H3,(H,24,25)/b18-10+/t15-/m0/s1. The van der Waals surface area contributed by atoms with Crippen LogP contribution in [0.25, 0.3) is 6.08 Å². The van der Waals surface area contributed by atoms with E-state index in [0.717, 1.165) is 6.42 Å². The first kappa shape index (κ1) is 20.1. The molecule has 0 unspecified atom stereocenters. The fourth-order valence-corrected chi connectivity index (χ4v) is 2.56. The van der Waals surface area contributed by atoms with Crippen molar-refractivity contribution < 1.29 is 14.3 Å². The minimum absolute atomic E-state index is 0.00342. The molecule has 2 aromatic rings. The molecule has 5 heteroatoms. The van der Waals surface area contributed by atoms with Gasteiger partial charge in [0, 0.05) is 11.8 Å². The third kappa shape index (κ3) is 5.35. The number of nitrogens with one attached hydrogen (secondary N) is 1. The van der Waals surface area contributed by atoms with Crippen molar-refractivity contribution in [2.45, 2.75) is 26.2 Å². The van der Waals surface area contributed by atoms with Crippen LogP contribution in [0.4, 0.5) is 5.69 Å². The Balaban J connectivity index is 2.21. The molecule has 5 nitrogen and oxygen atoms in total. The van der Waals surface area contributed by atoms with Crippen molar-refractivity contribution in [3.63, 3.8) is 0 Å². The molecule has 0 aliphatic carbocycles. The van der Waals surface area contributed by atoms with Gasteiger partial charge in [0.25, 0.3) is 5.91 Å². The highest BCUT2D eigenvalue weighted by Gasteiger charge is 2.11. The predicted octanol–water partition coefficient (Wildman–Crippen LogP) is 4.76. The molecule has 2 aromatic carbocycles. The molecule has 0 heterocycles. The molecule has 0 saturated heterocycles. The fraction of sp³-hybridized carbons (Fsp3) is 0.273. The number of benzene rings is 2. The number of rotatable bonds is 7. The van der Waals surface area contributed by atoms with E-state index >= 15 is 0 Å². The number of hydrogen-bond acceptors (Lipinski definition) is 4. The number of nitriles is 1. The van der Waals surface area contributed by atoms with Crippen molar-refractivity contribution >= 4 is 17.7 Å². The van der Waals surface area contributed by atoms with Gasteiger partial charge in [-0.15, -0.1) is 0 Å². The predicted molar refractivity (Wildman–Crippen MR) is 107 cm³/mol. The summed E-state index contributed by atoms with van der Waals surface area (Å²) in [4.78, 5) is 12.5. The van der Waals surface area contributed by atoms with E-state index in [1.165, 1.54) is 11.6 Å². The summed E-state index contributed by atoms with van der Waals surface area (Å²) in [7, 11) is 3.09. The van der Waals surface area contributed by atoms with Gasteiger partial charge >= 0.3 is 0 Å². The summed E-state index contributed by atoms with van der Waals surface area (Å²) in [5, 5.41) is 12.2. The molecular weight excluding hydrogens is 340 g/mol. The average molecular weight is 364 g/mol. The maximum atomic E-state index is 12.5. The first-order valence-electron chi connectivity index (χ1n) is 8.76. The maximum Gasteiger partial charge on any atom is 0.266 e. The Kier molecular flexibility index (Phi) is 7.01. The van der Waals surface area contributed by atoms with Crippen LogP contribution < -0.4 is 14.8 Å². The molecular formula is C22H24N2O3. The lowest BCUT2D eigenvalue weighted by atomic mass is 9.98. The molecule has 0 fully saturated rings. The summed E-state index contributed by atoms with van der Waals surface area (Å²) in [6.07, 6.45) is 2.56. The van der Waals surface area contributed by atoms with Gasteiger partial charge in [0.2, 0.25) is 0 Å². The van der Waals surface area contributed by atoms with Gasteiger partial charge in [-0.25, -0.2) is 0 Å². The molecule has 1 amide bonds. The molecule has 1 atom stereocenters. The number of carbonyl (C=O) groups excluding carboxylic acids is 1. The first-order chi connectivity index (χ1) is 13.0. The van der Waals surface area contributed by atoms with Crippen molar-refractivity contribution in [3.8, 4) is 17.6 Å². The van der Waals surface area contributed by atoms with Crippen molar-refractivity contribution in [1.29, 1.82) is 5.26 Å². The van der Waals surface area contributed by atoms with Crippen LogP contribution in [-0.2, 0) is 4.79 Å². The van der Waals surface area contributed by atoms with Crippen LogP contribution in [0, 0.1) is 11.3 Å². The molecule has 0 aliphatic rings. The third-order valence-corrected chi connectivity index (χ3v) is 4.40. The number of anilines is 1. The number of carbonyl (C=O) groups is 1. The molecule has 27 heavy (non-hydrogen) atoms. The maximum absolute atomic E-state index is 12.5. The van der Waals surface area contributed by atoms with E-state index < -0.39 is 5.91 Å². The molecule has 0 saturated carbocycles. The third-order valence-electron chi connectivity index (χ3n) is 4.40. The van der Waals surface area contributed by atoms with Gasteiger partial charge in [0.15, 0.2) is 0 Å². The van der Waals surface area contributed by atoms with Crippen LogP contribution in [0.15, 0.2) is 48.0 Å². The number of nitrogens with zero attached hydrogens (tertiary/aromatic N) is 1. The Labute approximate surface area is 160 Å². The molecule has 140 valence electrons. The van der Waals surface area contributed by atoms with E-state index in [9.17, 15) is 10.1 Å². The van der Waals surface area contributed by atoms with Crippen LogP contribution in [0.1, 0.15) is 37.3 Å². The van der Waals surface area contributed by atoms with E-state index in [1.807, 2.05) is 30.3 Å². The SMILES string of the molecule is CC[C@H](C)c1ccc(NC(=O)/C(C#N)=C/c2cc(OC)cc(OC)c2)cc1. The van der Waals surface area contributed by atoms with Gasteiger partial charge in [-0.05, 0) is 53.8 Å². The van der Waals surface area contributed by atoms with Crippen LogP contribution in [0.5, 0.6) is 11.5 Å². The summed E-state index contributed by atoms with van der Waals surface area (Å²) in [6, 6.07) is 14.8. The number of ether oxygens (including phenoxy) is 2. The Bertz CT molecular complexity index is 842. The van der Waals surface area contributed by atoms with Gasteiger partial charge in [0.05, 0.1) is 14.2 Å². The molecule has 0 aliphatic heterocycles. The van der Waals surface area contributed by atoms with Crippen molar-refractivity contribution in [3.05, 3.63) is 59.2 Å². The Morgan fingerprint density at radius 1 is 1.15 bits per heavy atom. The molecule has 1 N–H and O–H groups in total. The Morgan fingerprint density at radius 2 is 1.74 bits per heavy atom. The Morgan fingerprint density at radius 3 is 2.22 bits per heavy atom. The van der Waals surface area contributed by atoms with Crippen LogP contribution in [0.2, 0.25) is 0 Å². The first-order valence-corrected chi connectivity index (χ1v) is 8.76. The lowest BCUT2D eigenvalue weighted by Gasteiger charge is -2.10. The summed E-state index contributed by atoms with van der Waals surface area (Å²) >= 11 is 0. The molecule has 0 spiro atoms. The topological polar surface area (TPSA) is 71.4 Å². The summed E-state index contributed by atoms with van der Waals surface area (Å²) in [6.45, 7) is 4.30. The largest absolute Gasteiger partial charge is 0.497 e. The highest BCUT2D eigenvalue weighted by atomic mass is 16.5. The van der Waals surface area contributed by atoms with Crippen molar-refractivity contribution in [2.75, 3.05) is 19.5 Å². The molecule has 0 aromatic heterocycles. The van der Waals surface area contributed by atoms with E-state index in [2.05, 4.69) is 19.2 Å². The second-order valence-corrected chi connectivity index (χ2v) is 6.20. The second kappa shape index (κ2) is 9.44.